The maximum absolute atomic E-state index is 13.3. The van der Waals surface area contributed by atoms with Gasteiger partial charge in [-0.3, -0.25) is 14.4 Å². The van der Waals surface area contributed by atoms with Crippen molar-refractivity contribution in [1.82, 2.24) is 4.90 Å². The quantitative estimate of drug-likeness (QED) is 0.737. The summed E-state index contributed by atoms with van der Waals surface area (Å²) in [6, 6.07) is 10.3. The fraction of sp³-hybridized carbons (Fsp3) is 0.375. The molecule has 3 aliphatic rings. The van der Waals surface area contributed by atoms with E-state index in [1.807, 2.05) is 0 Å². The molecule has 33 heavy (non-hydrogen) atoms. The third-order valence-corrected chi connectivity index (χ3v) is 6.58. The SMILES string of the molecule is O=C(Nc1ccc2c(c1)OCO2)C1CCN(C(=O)c2ccc(Cl)cc2N2CCCC2=O)CC1. The van der Waals surface area contributed by atoms with Gasteiger partial charge in [0.25, 0.3) is 5.91 Å². The van der Waals surface area contributed by atoms with Gasteiger partial charge >= 0.3 is 0 Å². The van der Waals surface area contributed by atoms with Gasteiger partial charge in [0.2, 0.25) is 18.6 Å². The molecule has 3 amide bonds. The van der Waals surface area contributed by atoms with Gasteiger partial charge in [0.1, 0.15) is 0 Å². The minimum atomic E-state index is -0.190. The molecule has 3 heterocycles. The number of halogens is 1. The third kappa shape index (κ3) is 4.35. The molecule has 5 rings (SSSR count). The Morgan fingerprint density at radius 2 is 1.79 bits per heavy atom. The van der Waals surface area contributed by atoms with E-state index in [9.17, 15) is 14.4 Å². The van der Waals surface area contributed by atoms with Crippen molar-refractivity contribution in [3.05, 3.63) is 47.0 Å². The molecule has 0 aliphatic carbocycles. The van der Waals surface area contributed by atoms with Crippen molar-refractivity contribution in [3.63, 3.8) is 0 Å². The highest BCUT2D eigenvalue weighted by Gasteiger charge is 2.31. The summed E-state index contributed by atoms with van der Waals surface area (Å²) in [5.41, 5.74) is 1.69. The summed E-state index contributed by atoms with van der Waals surface area (Å²) in [6.07, 6.45) is 2.37. The second-order valence-electron chi connectivity index (χ2n) is 8.43. The highest BCUT2D eigenvalue weighted by Crippen LogP contribution is 2.35. The summed E-state index contributed by atoms with van der Waals surface area (Å²) in [5, 5.41) is 3.42. The number of hydrogen-bond donors (Lipinski definition) is 1. The van der Waals surface area contributed by atoms with E-state index in [4.69, 9.17) is 21.1 Å². The van der Waals surface area contributed by atoms with Gasteiger partial charge in [0.05, 0.1) is 11.3 Å². The maximum Gasteiger partial charge on any atom is 0.255 e. The Morgan fingerprint density at radius 1 is 1.00 bits per heavy atom. The molecule has 2 aromatic rings. The van der Waals surface area contributed by atoms with Crippen molar-refractivity contribution >= 4 is 40.7 Å². The van der Waals surface area contributed by atoms with Crippen molar-refractivity contribution in [2.75, 3.05) is 36.6 Å². The Labute approximate surface area is 196 Å². The maximum atomic E-state index is 13.3. The highest BCUT2D eigenvalue weighted by molar-refractivity contribution is 6.31. The predicted octanol–water partition coefficient (Wildman–Crippen LogP) is 3.69. The first-order valence-corrected chi connectivity index (χ1v) is 11.5. The number of carbonyl (C=O) groups is 3. The number of ether oxygens (including phenoxy) is 2. The fourth-order valence-corrected chi connectivity index (χ4v) is 4.71. The zero-order chi connectivity index (χ0) is 22.9. The van der Waals surface area contributed by atoms with E-state index in [0.717, 1.165) is 6.42 Å². The number of hydrogen-bond acceptors (Lipinski definition) is 5. The van der Waals surface area contributed by atoms with E-state index in [0.29, 0.717) is 72.4 Å². The number of nitrogens with zero attached hydrogens (tertiary/aromatic N) is 2. The van der Waals surface area contributed by atoms with Crippen molar-refractivity contribution in [3.8, 4) is 11.5 Å². The number of amides is 3. The lowest BCUT2D eigenvalue weighted by atomic mass is 9.95. The molecular weight excluding hydrogens is 446 g/mol. The van der Waals surface area contributed by atoms with Gasteiger partial charge in [-0.05, 0) is 49.6 Å². The van der Waals surface area contributed by atoms with E-state index in [-0.39, 0.29) is 30.4 Å². The lowest BCUT2D eigenvalue weighted by molar-refractivity contribution is -0.121. The summed E-state index contributed by atoms with van der Waals surface area (Å²) in [5.74, 6) is 0.877. The van der Waals surface area contributed by atoms with E-state index in [1.54, 1.807) is 46.2 Å². The minimum Gasteiger partial charge on any atom is -0.454 e. The monoisotopic (exact) mass is 469 g/mol. The molecule has 0 saturated carbocycles. The number of nitrogens with one attached hydrogen (secondary N) is 1. The Balaban J connectivity index is 1.23. The predicted molar refractivity (Wildman–Crippen MR) is 123 cm³/mol. The van der Waals surface area contributed by atoms with Gasteiger partial charge in [0, 0.05) is 48.7 Å². The Bertz CT molecular complexity index is 1110. The number of likely N-dealkylation sites (tertiary alicyclic amines) is 1. The average Bonchev–Trinajstić information content (AvgIpc) is 3.47. The standard InChI is InChI=1S/C24H24ClN3O5/c25-16-3-5-18(19(12-16)28-9-1-2-22(28)29)24(31)27-10-7-15(8-11-27)23(30)26-17-4-6-20-21(13-17)33-14-32-20/h3-6,12-13,15H,1-2,7-11,14H2,(H,26,30). The molecular formula is C24H24ClN3O5. The Morgan fingerprint density at radius 3 is 2.55 bits per heavy atom. The average molecular weight is 470 g/mol. The first-order valence-electron chi connectivity index (χ1n) is 11.1. The molecule has 0 spiro atoms. The van der Waals surface area contributed by atoms with Crippen LogP contribution in [0, 0.1) is 5.92 Å². The van der Waals surface area contributed by atoms with Crippen LogP contribution < -0.4 is 19.7 Å². The molecule has 2 fully saturated rings. The second kappa shape index (κ2) is 8.94. The summed E-state index contributed by atoms with van der Waals surface area (Å²) in [4.78, 5) is 41.7. The second-order valence-corrected chi connectivity index (χ2v) is 8.87. The van der Waals surface area contributed by atoms with E-state index >= 15 is 0 Å². The van der Waals surface area contributed by atoms with Crippen LogP contribution in [0.2, 0.25) is 5.02 Å². The first kappa shape index (κ1) is 21.6. The van der Waals surface area contributed by atoms with Gasteiger partial charge in [-0.25, -0.2) is 0 Å². The number of carbonyl (C=O) groups excluding carboxylic acids is 3. The normalized spacial score (nSPS) is 18.0. The van der Waals surface area contributed by atoms with Crippen LogP contribution in [0.5, 0.6) is 11.5 Å². The summed E-state index contributed by atoms with van der Waals surface area (Å²) in [7, 11) is 0. The number of anilines is 2. The van der Waals surface area contributed by atoms with Crippen LogP contribution in [-0.4, -0.2) is 49.0 Å². The Hall–Kier alpha value is -3.26. The summed E-state index contributed by atoms with van der Waals surface area (Å²) in [6.45, 7) is 1.70. The van der Waals surface area contributed by atoms with Gasteiger partial charge < -0.3 is 24.6 Å². The van der Waals surface area contributed by atoms with Crippen LogP contribution in [0.3, 0.4) is 0 Å². The lowest BCUT2D eigenvalue weighted by Gasteiger charge is -2.32. The number of fused-ring (bicyclic) bond motifs is 1. The zero-order valence-corrected chi connectivity index (χ0v) is 18.8. The van der Waals surface area contributed by atoms with Crippen molar-refractivity contribution in [2.45, 2.75) is 25.7 Å². The summed E-state index contributed by atoms with van der Waals surface area (Å²) < 4.78 is 10.7. The van der Waals surface area contributed by atoms with Crippen LogP contribution >= 0.6 is 11.6 Å². The summed E-state index contributed by atoms with van der Waals surface area (Å²) >= 11 is 6.16. The molecule has 2 saturated heterocycles. The third-order valence-electron chi connectivity index (χ3n) is 6.35. The molecule has 3 aliphatic heterocycles. The van der Waals surface area contributed by atoms with Crippen LogP contribution in [0.4, 0.5) is 11.4 Å². The van der Waals surface area contributed by atoms with Crippen molar-refractivity contribution in [1.29, 1.82) is 0 Å². The molecule has 0 atom stereocenters. The van der Waals surface area contributed by atoms with Crippen LogP contribution in [-0.2, 0) is 9.59 Å². The first-order chi connectivity index (χ1) is 16.0. The van der Waals surface area contributed by atoms with Gasteiger partial charge in [0.15, 0.2) is 11.5 Å². The van der Waals surface area contributed by atoms with Gasteiger partial charge in [-0.1, -0.05) is 11.6 Å². The van der Waals surface area contributed by atoms with E-state index < -0.39 is 0 Å². The zero-order valence-electron chi connectivity index (χ0n) is 18.0. The molecule has 9 heteroatoms. The number of benzene rings is 2. The number of piperidine rings is 1. The van der Waals surface area contributed by atoms with E-state index in [2.05, 4.69) is 5.32 Å². The van der Waals surface area contributed by atoms with Crippen LogP contribution in [0.1, 0.15) is 36.0 Å². The topological polar surface area (TPSA) is 88.2 Å². The van der Waals surface area contributed by atoms with Gasteiger partial charge in [-0.15, -0.1) is 0 Å². The van der Waals surface area contributed by atoms with Crippen molar-refractivity contribution in [2.24, 2.45) is 5.92 Å². The molecule has 1 N–H and O–H groups in total. The van der Waals surface area contributed by atoms with Crippen LogP contribution in [0.15, 0.2) is 36.4 Å². The molecule has 0 aromatic heterocycles. The fourth-order valence-electron chi connectivity index (χ4n) is 4.55. The van der Waals surface area contributed by atoms with E-state index in [1.165, 1.54) is 0 Å². The van der Waals surface area contributed by atoms with Crippen molar-refractivity contribution < 1.29 is 23.9 Å². The largest absolute Gasteiger partial charge is 0.454 e. The molecule has 0 unspecified atom stereocenters. The highest BCUT2D eigenvalue weighted by atomic mass is 35.5. The molecule has 8 nitrogen and oxygen atoms in total. The minimum absolute atomic E-state index is 0.00483. The molecule has 2 aromatic carbocycles. The van der Waals surface area contributed by atoms with Gasteiger partial charge in [-0.2, -0.15) is 0 Å². The number of rotatable bonds is 4. The molecule has 0 radical (unpaired) electrons. The molecule has 172 valence electrons. The Kier molecular flexibility index (Phi) is 5.85. The lowest BCUT2D eigenvalue weighted by Crippen LogP contribution is -2.42. The van der Waals surface area contributed by atoms with Crippen LogP contribution in [0.25, 0.3) is 0 Å². The molecule has 0 bridgehead atoms. The smallest absolute Gasteiger partial charge is 0.255 e.